The molecule has 154 valence electrons. The van der Waals surface area contributed by atoms with E-state index in [-0.39, 0.29) is 17.2 Å². The number of hydrogen-bond donors (Lipinski definition) is 0. The van der Waals surface area contributed by atoms with Crippen LogP contribution in [0.4, 0.5) is 18.9 Å². The molecule has 1 aromatic heterocycles. The molecule has 0 N–H and O–H groups in total. The van der Waals surface area contributed by atoms with E-state index in [1.165, 1.54) is 11.4 Å². The zero-order valence-corrected chi connectivity index (χ0v) is 16.9. The van der Waals surface area contributed by atoms with Gasteiger partial charge in [0.05, 0.1) is 17.0 Å². The van der Waals surface area contributed by atoms with E-state index < -0.39 is 44.9 Å². The molecule has 1 unspecified atom stereocenters. The standard InChI is InChI=1S/C18H15F3N2O4S2/c1-17(2)10-23(29(25,26)12-6-7-28-9-12)16(24)15(17)27-11-4-5-14(22-3)13(8-11)18(19,20)21/h4-9,15H,10H2,1-2H3. The van der Waals surface area contributed by atoms with Crippen molar-refractivity contribution in [2.75, 3.05) is 6.54 Å². The first-order chi connectivity index (χ1) is 13.4. The van der Waals surface area contributed by atoms with Crippen molar-refractivity contribution in [3.05, 3.63) is 52.0 Å². The van der Waals surface area contributed by atoms with Crippen molar-refractivity contribution in [1.82, 2.24) is 4.31 Å². The maximum absolute atomic E-state index is 13.2. The van der Waals surface area contributed by atoms with E-state index in [2.05, 4.69) is 4.85 Å². The van der Waals surface area contributed by atoms with Crippen molar-refractivity contribution >= 4 is 33.0 Å². The normalized spacial score (nSPS) is 19.2. The second kappa shape index (κ2) is 7.03. The highest BCUT2D eigenvalue weighted by Gasteiger charge is 2.52. The number of hydrogen-bond acceptors (Lipinski definition) is 5. The van der Waals surface area contributed by atoms with Gasteiger partial charge in [-0.1, -0.05) is 19.9 Å². The van der Waals surface area contributed by atoms with Gasteiger partial charge in [-0.2, -0.15) is 24.5 Å². The van der Waals surface area contributed by atoms with Gasteiger partial charge in [0, 0.05) is 17.3 Å². The molecule has 1 aromatic carbocycles. The highest BCUT2D eigenvalue weighted by atomic mass is 32.2. The number of sulfonamides is 1. The predicted octanol–water partition coefficient (Wildman–Crippen LogP) is 4.32. The molecular weight excluding hydrogens is 429 g/mol. The Labute approximate surface area is 169 Å². The molecule has 6 nitrogen and oxygen atoms in total. The minimum Gasteiger partial charge on any atom is -0.480 e. The van der Waals surface area contributed by atoms with E-state index in [1.54, 1.807) is 19.2 Å². The quantitative estimate of drug-likeness (QED) is 0.659. The van der Waals surface area contributed by atoms with Crippen molar-refractivity contribution in [1.29, 1.82) is 0 Å². The second-order valence-corrected chi connectivity index (χ2v) is 9.73. The minimum absolute atomic E-state index is 0.0342. The smallest absolute Gasteiger partial charge is 0.407 e. The van der Waals surface area contributed by atoms with Crippen LogP contribution in [0.15, 0.2) is 39.9 Å². The van der Waals surface area contributed by atoms with Crippen molar-refractivity contribution in [3.63, 3.8) is 0 Å². The molecule has 0 radical (unpaired) electrons. The molecule has 29 heavy (non-hydrogen) atoms. The van der Waals surface area contributed by atoms with Gasteiger partial charge in [0.2, 0.25) is 0 Å². The average Bonchev–Trinajstić information content (AvgIpc) is 3.24. The van der Waals surface area contributed by atoms with Crippen LogP contribution < -0.4 is 4.74 Å². The summed E-state index contributed by atoms with van der Waals surface area (Å²) >= 11 is 1.16. The molecule has 0 aliphatic carbocycles. The summed E-state index contributed by atoms with van der Waals surface area (Å²) in [5.41, 5.74) is -2.77. The summed E-state index contributed by atoms with van der Waals surface area (Å²) in [5, 5.41) is 2.95. The van der Waals surface area contributed by atoms with Crippen molar-refractivity contribution in [3.8, 4) is 5.75 Å². The van der Waals surface area contributed by atoms with Gasteiger partial charge < -0.3 is 4.74 Å². The zero-order valence-electron chi connectivity index (χ0n) is 15.2. The Balaban J connectivity index is 1.94. The lowest BCUT2D eigenvalue weighted by molar-refractivity contribution is -0.137. The monoisotopic (exact) mass is 444 g/mol. The lowest BCUT2D eigenvalue weighted by atomic mass is 9.89. The number of alkyl halides is 3. The molecule has 1 aliphatic heterocycles. The van der Waals surface area contributed by atoms with Crippen molar-refractivity contribution < 1.29 is 31.1 Å². The molecule has 1 atom stereocenters. The molecule has 0 spiro atoms. The molecule has 11 heteroatoms. The molecule has 0 bridgehead atoms. The number of carbonyl (C=O) groups is 1. The molecule has 1 aliphatic rings. The van der Waals surface area contributed by atoms with Gasteiger partial charge in [0.25, 0.3) is 15.9 Å². The Bertz CT molecular complexity index is 1090. The molecule has 0 saturated carbocycles. The SMILES string of the molecule is [C-]#[N+]c1ccc(OC2C(=O)N(S(=O)(=O)c3ccsc3)CC2(C)C)cc1C(F)(F)F. The van der Waals surface area contributed by atoms with E-state index in [0.717, 1.165) is 23.5 Å². The van der Waals surface area contributed by atoms with Gasteiger partial charge in [0.15, 0.2) is 11.8 Å². The highest BCUT2D eigenvalue weighted by molar-refractivity contribution is 7.89. The summed E-state index contributed by atoms with van der Waals surface area (Å²) in [6.45, 7) is 9.88. The number of thiophene rings is 1. The number of ether oxygens (including phenoxy) is 1. The molecule has 2 heterocycles. The summed E-state index contributed by atoms with van der Waals surface area (Å²) in [6, 6.07) is 4.12. The fourth-order valence-corrected chi connectivity index (χ4v) is 5.57. The maximum atomic E-state index is 13.2. The highest BCUT2D eigenvalue weighted by Crippen LogP contribution is 2.41. The van der Waals surface area contributed by atoms with Gasteiger partial charge in [-0.3, -0.25) is 4.79 Å². The summed E-state index contributed by atoms with van der Waals surface area (Å²) in [4.78, 5) is 15.6. The van der Waals surface area contributed by atoms with Gasteiger partial charge in [-0.25, -0.2) is 17.6 Å². The third-order valence-electron chi connectivity index (χ3n) is 4.46. The van der Waals surface area contributed by atoms with Gasteiger partial charge in [-0.15, -0.1) is 0 Å². The van der Waals surface area contributed by atoms with Crippen LogP contribution in [0.3, 0.4) is 0 Å². The number of amides is 1. The van der Waals surface area contributed by atoms with Crippen LogP contribution in [-0.4, -0.2) is 31.3 Å². The average molecular weight is 444 g/mol. The van der Waals surface area contributed by atoms with Gasteiger partial charge in [0.1, 0.15) is 5.75 Å². The number of halogens is 3. The fraction of sp³-hybridized carbons (Fsp3) is 0.333. The minimum atomic E-state index is -4.78. The molecule has 1 saturated heterocycles. The van der Waals surface area contributed by atoms with E-state index >= 15 is 0 Å². The predicted molar refractivity (Wildman–Crippen MR) is 99.1 cm³/mol. The first-order valence-corrected chi connectivity index (χ1v) is 10.6. The van der Waals surface area contributed by atoms with Crippen LogP contribution in [0.5, 0.6) is 5.75 Å². The van der Waals surface area contributed by atoms with Gasteiger partial charge in [-0.05, 0) is 23.6 Å². The first kappa shape index (κ1) is 21.1. The van der Waals surface area contributed by atoms with Crippen LogP contribution >= 0.6 is 11.3 Å². The van der Waals surface area contributed by atoms with Crippen LogP contribution in [-0.2, 0) is 21.0 Å². The first-order valence-electron chi connectivity index (χ1n) is 8.22. The number of benzene rings is 1. The number of carbonyl (C=O) groups excluding carboxylic acids is 1. The van der Waals surface area contributed by atoms with Crippen LogP contribution in [0, 0.1) is 12.0 Å². The lowest BCUT2D eigenvalue weighted by Crippen LogP contribution is -2.38. The topological polar surface area (TPSA) is 68.0 Å². The molecule has 1 amide bonds. The van der Waals surface area contributed by atoms with Crippen LogP contribution in [0.2, 0.25) is 0 Å². The zero-order chi connectivity index (χ0) is 21.6. The van der Waals surface area contributed by atoms with E-state index in [9.17, 15) is 26.4 Å². The third-order valence-corrected chi connectivity index (χ3v) is 7.03. The summed E-state index contributed by atoms with van der Waals surface area (Å²) in [7, 11) is -4.09. The maximum Gasteiger partial charge on any atom is 0.407 e. The lowest BCUT2D eigenvalue weighted by Gasteiger charge is -2.24. The molecule has 3 rings (SSSR count). The Hall–Kier alpha value is -2.58. The molecule has 2 aromatic rings. The van der Waals surface area contributed by atoms with Crippen molar-refractivity contribution in [2.45, 2.75) is 31.0 Å². The second-order valence-electron chi connectivity index (χ2n) is 7.08. The van der Waals surface area contributed by atoms with Crippen LogP contribution in [0.1, 0.15) is 19.4 Å². The summed E-state index contributed by atoms with van der Waals surface area (Å²) in [5.74, 6) is -1.13. The van der Waals surface area contributed by atoms with E-state index in [1.807, 2.05) is 0 Å². The Morgan fingerprint density at radius 2 is 2.00 bits per heavy atom. The Kier molecular flexibility index (Phi) is 5.13. The largest absolute Gasteiger partial charge is 0.480 e. The van der Waals surface area contributed by atoms with Crippen LogP contribution in [0.25, 0.3) is 4.85 Å². The Morgan fingerprint density at radius 1 is 1.31 bits per heavy atom. The summed E-state index contributed by atoms with van der Waals surface area (Å²) in [6.07, 6.45) is -6.08. The molecular formula is C18H15F3N2O4S2. The van der Waals surface area contributed by atoms with E-state index in [0.29, 0.717) is 10.4 Å². The number of nitrogens with zero attached hydrogens (tertiary/aromatic N) is 2. The Morgan fingerprint density at radius 3 is 2.55 bits per heavy atom. The fourth-order valence-electron chi connectivity index (χ4n) is 2.98. The van der Waals surface area contributed by atoms with Gasteiger partial charge >= 0.3 is 6.18 Å². The number of rotatable bonds is 4. The summed E-state index contributed by atoms with van der Waals surface area (Å²) < 4.78 is 71.2. The molecule has 1 fully saturated rings. The van der Waals surface area contributed by atoms with Crippen molar-refractivity contribution in [2.24, 2.45) is 5.41 Å². The third kappa shape index (κ3) is 3.82. The van der Waals surface area contributed by atoms with E-state index in [4.69, 9.17) is 11.3 Å².